The molecule has 1 aliphatic rings. The molecule has 0 bridgehead atoms. The number of Topliss-reactive ketones (excluding diaryl/α,β-unsaturated/α-hetero) is 1. The van der Waals surface area contributed by atoms with E-state index in [0.29, 0.717) is 6.42 Å². The van der Waals surface area contributed by atoms with Gasteiger partial charge in [-0.05, 0) is 58.9 Å². The zero-order valence-electron chi connectivity index (χ0n) is 11.5. The van der Waals surface area contributed by atoms with Gasteiger partial charge in [0.05, 0.1) is 0 Å². The van der Waals surface area contributed by atoms with Crippen molar-refractivity contribution in [2.45, 2.75) is 33.6 Å². The van der Waals surface area contributed by atoms with Crippen molar-refractivity contribution in [3.8, 4) is 0 Å². The van der Waals surface area contributed by atoms with Crippen molar-refractivity contribution in [1.82, 2.24) is 0 Å². The molecule has 0 N–H and O–H groups in total. The van der Waals surface area contributed by atoms with Gasteiger partial charge in [0.25, 0.3) is 0 Å². The standard InChI is InChI=1S/C17H17FO/c1-10-6-14-15(8-17(2,3)9-16(14)19)12-5-4-11(18)7-13(10)12/h4-7H,8-9H2,1-3H3. The SMILES string of the molecule is Cc1cc2c(c3ccc(F)cc13)CC(C)(C)CC2=O. The summed E-state index contributed by atoms with van der Waals surface area (Å²) in [5.74, 6) is -0.0162. The second kappa shape index (κ2) is 3.89. The van der Waals surface area contributed by atoms with Crippen LogP contribution in [0.4, 0.5) is 4.39 Å². The molecule has 3 rings (SSSR count). The summed E-state index contributed by atoms with van der Waals surface area (Å²) < 4.78 is 13.4. The van der Waals surface area contributed by atoms with E-state index in [1.807, 2.05) is 19.1 Å². The van der Waals surface area contributed by atoms with Crippen LogP contribution in [0.5, 0.6) is 0 Å². The Balaban J connectivity index is 2.37. The van der Waals surface area contributed by atoms with Crippen molar-refractivity contribution < 1.29 is 9.18 Å². The maximum atomic E-state index is 13.4. The van der Waals surface area contributed by atoms with Crippen LogP contribution < -0.4 is 0 Å². The highest BCUT2D eigenvalue weighted by Gasteiger charge is 2.32. The molecule has 0 radical (unpaired) electrons. The fraction of sp³-hybridized carbons (Fsp3) is 0.353. The maximum absolute atomic E-state index is 13.4. The first-order valence-electron chi connectivity index (χ1n) is 6.62. The quantitative estimate of drug-likeness (QED) is 0.681. The number of benzene rings is 2. The molecular formula is C17H17FO. The summed E-state index contributed by atoms with van der Waals surface area (Å²) in [6.07, 6.45) is 1.46. The lowest BCUT2D eigenvalue weighted by molar-refractivity contribution is 0.0913. The molecule has 98 valence electrons. The van der Waals surface area contributed by atoms with Gasteiger partial charge in [0.2, 0.25) is 0 Å². The van der Waals surface area contributed by atoms with Crippen LogP contribution in [-0.2, 0) is 6.42 Å². The molecule has 0 saturated heterocycles. The molecule has 0 amide bonds. The number of hydrogen-bond acceptors (Lipinski definition) is 1. The average Bonchev–Trinajstić information content (AvgIpc) is 2.30. The van der Waals surface area contributed by atoms with Crippen LogP contribution in [0.3, 0.4) is 0 Å². The van der Waals surface area contributed by atoms with Crippen molar-refractivity contribution in [3.05, 3.63) is 46.8 Å². The fourth-order valence-corrected chi connectivity index (χ4v) is 3.14. The smallest absolute Gasteiger partial charge is 0.163 e. The second-order valence-corrected chi connectivity index (χ2v) is 6.35. The molecule has 0 saturated carbocycles. The van der Waals surface area contributed by atoms with Crippen molar-refractivity contribution >= 4 is 16.6 Å². The van der Waals surface area contributed by atoms with Crippen molar-refractivity contribution in [1.29, 1.82) is 0 Å². The van der Waals surface area contributed by atoms with Crippen LogP contribution in [0.15, 0.2) is 24.3 Å². The van der Waals surface area contributed by atoms with Crippen LogP contribution in [0.25, 0.3) is 10.8 Å². The van der Waals surface area contributed by atoms with E-state index in [0.717, 1.165) is 33.9 Å². The molecule has 0 aromatic heterocycles. The van der Waals surface area contributed by atoms with Crippen LogP contribution in [0, 0.1) is 18.2 Å². The van der Waals surface area contributed by atoms with Crippen LogP contribution in [0.2, 0.25) is 0 Å². The number of carbonyl (C=O) groups excluding carboxylic acids is 1. The van der Waals surface area contributed by atoms with E-state index in [-0.39, 0.29) is 17.0 Å². The summed E-state index contributed by atoms with van der Waals surface area (Å²) in [6.45, 7) is 6.17. The number of aryl methyl sites for hydroxylation is 1. The Hall–Kier alpha value is -1.70. The van der Waals surface area contributed by atoms with Gasteiger partial charge in [0, 0.05) is 12.0 Å². The van der Waals surface area contributed by atoms with E-state index in [2.05, 4.69) is 13.8 Å². The van der Waals surface area contributed by atoms with Crippen molar-refractivity contribution in [2.75, 3.05) is 0 Å². The highest BCUT2D eigenvalue weighted by molar-refractivity contribution is 6.05. The van der Waals surface area contributed by atoms with E-state index in [4.69, 9.17) is 0 Å². The summed E-state index contributed by atoms with van der Waals surface area (Å²) in [7, 11) is 0. The number of carbonyl (C=O) groups is 1. The Bertz CT molecular complexity index is 698. The number of fused-ring (bicyclic) bond motifs is 3. The van der Waals surface area contributed by atoms with E-state index in [1.165, 1.54) is 6.07 Å². The topological polar surface area (TPSA) is 17.1 Å². The van der Waals surface area contributed by atoms with Crippen LogP contribution in [-0.4, -0.2) is 5.78 Å². The third kappa shape index (κ3) is 1.95. The molecule has 0 fully saturated rings. The molecule has 1 aliphatic carbocycles. The van der Waals surface area contributed by atoms with Gasteiger partial charge >= 0.3 is 0 Å². The molecular weight excluding hydrogens is 239 g/mol. The Kier molecular flexibility index (Phi) is 2.53. The monoisotopic (exact) mass is 256 g/mol. The average molecular weight is 256 g/mol. The Morgan fingerprint density at radius 2 is 1.84 bits per heavy atom. The molecule has 2 aromatic carbocycles. The van der Waals surface area contributed by atoms with Gasteiger partial charge in [0.15, 0.2) is 5.78 Å². The minimum atomic E-state index is -0.225. The van der Waals surface area contributed by atoms with E-state index < -0.39 is 0 Å². The molecule has 0 unspecified atom stereocenters. The van der Waals surface area contributed by atoms with E-state index in [9.17, 15) is 9.18 Å². The predicted molar refractivity (Wildman–Crippen MR) is 75.1 cm³/mol. The fourth-order valence-electron chi connectivity index (χ4n) is 3.14. The third-order valence-corrected chi connectivity index (χ3v) is 4.01. The highest BCUT2D eigenvalue weighted by Crippen LogP contribution is 2.39. The number of ketones is 1. The van der Waals surface area contributed by atoms with Crippen molar-refractivity contribution in [2.24, 2.45) is 5.41 Å². The number of hydrogen-bond donors (Lipinski definition) is 0. The molecule has 19 heavy (non-hydrogen) atoms. The lowest BCUT2D eigenvalue weighted by Crippen LogP contribution is -2.27. The first kappa shape index (κ1) is 12.3. The van der Waals surface area contributed by atoms with E-state index >= 15 is 0 Å². The van der Waals surface area contributed by atoms with Crippen molar-refractivity contribution in [3.63, 3.8) is 0 Å². The Morgan fingerprint density at radius 1 is 1.11 bits per heavy atom. The molecule has 0 heterocycles. The van der Waals surface area contributed by atoms with Gasteiger partial charge in [-0.3, -0.25) is 4.79 Å². The van der Waals surface area contributed by atoms with Gasteiger partial charge in [-0.2, -0.15) is 0 Å². The predicted octanol–water partition coefficient (Wildman–Crippen LogP) is 4.44. The van der Waals surface area contributed by atoms with Gasteiger partial charge in [0.1, 0.15) is 5.82 Å². The number of halogens is 1. The first-order chi connectivity index (χ1) is 8.87. The maximum Gasteiger partial charge on any atom is 0.163 e. The second-order valence-electron chi connectivity index (χ2n) is 6.35. The lowest BCUT2D eigenvalue weighted by atomic mass is 9.72. The van der Waals surface area contributed by atoms with E-state index in [1.54, 1.807) is 6.07 Å². The lowest BCUT2D eigenvalue weighted by Gasteiger charge is -2.31. The summed E-state index contributed by atoms with van der Waals surface area (Å²) >= 11 is 0. The van der Waals surface area contributed by atoms with Crippen LogP contribution in [0.1, 0.15) is 41.8 Å². The van der Waals surface area contributed by atoms with Gasteiger partial charge in [-0.15, -0.1) is 0 Å². The zero-order valence-corrected chi connectivity index (χ0v) is 11.5. The Labute approximate surface area is 112 Å². The minimum absolute atomic E-state index is 0.0132. The molecule has 2 heteroatoms. The summed E-state index contributed by atoms with van der Waals surface area (Å²) in [4.78, 5) is 12.3. The van der Waals surface area contributed by atoms with Gasteiger partial charge in [-0.25, -0.2) is 4.39 Å². The number of rotatable bonds is 0. The first-order valence-corrected chi connectivity index (χ1v) is 6.62. The highest BCUT2D eigenvalue weighted by atomic mass is 19.1. The summed E-state index contributed by atoms with van der Waals surface area (Å²) in [6, 6.07) is 6.78. The minimum Gasteiger partial charge on any atom is -0.294 e. The Morgan fingerprint density at radius 3 is 2.58 bits per heavy atom. The molecule has 0 aliphatic heterocycles. The normalized spacial score (nSPS) is 17.6. The molecule has 0 spiro atoms. The molecule has 0 atom stereocenters. The third-order valence-electron chi connectivity index (χ3n) is 4.01. The largest absolute Gasteiger partial charge is 0.294 e. The van der Waals surface area contributed by atoms with Crippen LogP contribution >= 0.6 is 0 Å². The summed E-state index contributed by atoms with van der Waals surface area (Å²) in [5.41, 5.74) is 2.87. The van der Waals surface area contributed by atoms with Gasteiger partial charge in [-0.1, -0.05) is 19.9 Å². The molecule has 2 aromatic rings. The summed E-state index contributed by atoms with van der Waals surface area (Å²) in [5, 5.41) is 1.95. The zero-order chi connectivity index (χ0) is 13.8. The molecule has 1 nitrogen and oxygen atoms in total. The van der Waals surface area contributed by atoms with Gasteiger partial charge < -0.3 is 0 Å².